The van der Waals surface area contributed by atoms with Crippen molar-refractivity contribution in [3.8, 4) is 5.75 Å². The lowest BCUT2D eigenvalue weighted by Crippen LogP contribution is -2.39. The molecule has 0 aliphatic carbocycles. The number of aromatic hydroxyl groups is 1. The van der Waals surface area contributed by atoms with Crippen LogP contribution in [0.25, 0.3) is 0 Å². The second-order valence-corrected chi connectivity index (χ2v) is 4.38. The summed E-state index contributed by atoms with van der Waals surface area (Å²) in [5.74, 6) is -0.773. The maximum absolute atomic E-state index is 11.1. The highest BCUT2D eigenvalue weighted by Crippen LogP contribution is 2.27. The number of nitrogens with two attached hydrogens (primary N) is 1. The smallest absolute Gasteiger partial charge is 0.252 e. The molecule has 1 unspecified atom stereocenters. The van der Waals surface area contributed by atoms with Crippen LogP contribution in [0, 0.1) is 0 Å². The molecule has 1 aliphatic heterocycles. The van der Waals surface area contributed by atoms with Crippen LogP contribution < -0.4 is 5.73 Å². The van der Waals surface area contributed by atoms with Crippen molar-refractivity contribution in [3.63, 3.8) is 0 Å². The molecule has 1 atom stereocenters. The molecule has 6 nitrogen and oxygen atoms in total. The van der Waals surface area contributed by atoms with Crippen LogP contribution in [-0.4, -0.2) is 49.3 Å². The number of rotatable bonds is 4. The average Bonchev–Trinajstić information content (AvgIpc) is 2.40. The lowest BCUT2D eigenvalue weighted by atomic mass is 10.1. The number of benzene rings is 1. The van der Waals surface area contributed by atoms with Crippen LogP contribution in [-0.2, 0) is 9.47 Å². The number of primary amides is 1. The van der Waals surface area contributed by atoms with Crippen LogP contribution in [0.5, 0.6) is 5.75 Å². The van der Waals surface area contributed by atoms with E-state index in [4.69, 9.17) is 15.2 Å². The van der Waals surface area contributed by atoms with Gasteiger partial charge in [0.15, 0.2) is 0 Å². The van der Waals surface area contributed by atoms with E-state index in [9.17, 15) is 9.90 Å². The summed E-state index contributed by atoms with van der Waals surface area (Å²) in [4.78, 5) is 13.2. The van der Waals surface area contributed by atoms with Gasteiger partial charge in [-0.15, -0.1) is 0 Å². The zero-order chi connectivity index (χ0) is 13.8. The Hall–Kier alpha value is -1.63. The maximum Gasteiger partial charge on any atom is 0.252 e. The lowest BCUT2D eigenvalue weighted by Gasteiger charge is -2.33. The van der Waals surface area contributed by atoms with Crippen molar-refractivity contribution in [2.45, 2.75) is 6.23 Å². The summed E-state index contributed by atoms with van der Waals surface area (Å²) in [5, 5.41) is 9.80. The molecule has 1 aromatic rings. The molecule has 1 fully saturated rings. The van der Waals surface area contributed by atoms with Crippen molar-refractivity contribution in [2.75, 3.05) is 33.4 Å². The number of carbonyl (C=O) groups excluding carboxylic acids is 1. The van der Waals surface area contributed by atoms with E-state index in [0.717, 1.165) is 18.7 Å². The summed E-state index contributed by atoms with van der Waals surface area (Å²) in [6.07, 6.45) is -0.267. The molecule has 1 heterocycles. The Balaban J connectivity index is 2.23. The van der Waals surface area contributed by atoms with Gasteiger partial charge < -0.3 is 20.3 Å². The van der Waals surface area contributed by atoms with E-state index >= 15 is 0 Å². The first-order valence-electron chi connectivity index (χ1n) is 6.11. The van der Waals surface area contributed by atoms with Crippen LogP contribution in [0.2, 0.25) is 0 Å². The van der Waals surface area contributed by atoms with Crippen LogP contribution in [0.15, 0.2) is 18.2 Å². The number of nitrogens with zero attached hydrogens (tertiary/aromatic N) is 1. The number of ether oxygens (including phenoxy) is 2. The van der Waals surface area contributed by atoms with Gasteiger partial charge in [-0.3, -0.25) is 9.69 Å². The summed E-state index contributed by atoms with van der Waals surface area (Å²) in [7, 11) is 1.61. The zero-order valence-electron chi connectivity index (χ0n) is 10.8. The molecule has 1 aromatic carbocycles. The molecule has 0 saturated carbocycles. The molecule has 0 bridgehead atoms. The fraction of sp³-hybridized carbons (Fsp3) is 0.462. The van der Waals surface area contributed by atoms with Gasteiger partial charge in [0.05, 0.1) is 18.8 Å². The SMILES string of the molecule is COC(c1ccc(C(N)=O)c(O)c1)N1CCOCC1. The van der Waals surface area contributed by atoms with Gasteiger partial charge in [-0.25, -0.2) is 0 Å². The molecule has 19 heavy (non-hydrogen) atoms. The van der Waals surface area contributed by atoms with Crippen LogP contribution in [0.1, 0.15) is 22.1 Å². The van der Waals surface area contributed by atoms with Crippen LogP contribution >= 0.6 is 0 Å². The first-order valence-corrected chi connectivity index (χ1v) is 6.11. The fourth-order valence-electron chi connectivity index (χ4n) is 2.22. The highest BCUT2D eigenvalue weighted by Gasteiger charge is 2.23. The highest BCUT2D eigenvalue weighted by atomic mass is 16.5. The third-order valence-electron chi connectivity index (χ3n) is 3.17. The van der Waals surface area contributed by atoms with Crippen LogP contribution in [0.4, 0.5) is 0 Å². The number of morpholine rings is 1. The van der Waals surface area contributed by atoms with Gasteiger partial charge in [0, 0.05) is 20.2 Å². The zero-order valence-corrected chi connectivity index (χ0v) is 10.8. The molecule has 2 rings (SSSR count). The predicted octanol–water partition coefficient (Wildman–Crippen LogP) is 0.468. The summed E-state index contributed by atoms with van der Waals surface area (Å²) in [5.41, 5.74) is 6.05. The first-order chi connectivity index (χ1) is 9.13. The van der Waals surface area contributed by atoms with E-state index in [1.807, 2.05) is 0 Å². The summed E-state index contributed by atoms with van der Waals surface area (Å²) in [6.45, 7) is 2.84. The molecule has 0 aromatic heterocycles. The molecule has 1 saturated heterocycles. The number of methoxy groups -OCH3 is 1. The predicted molar refractivity (Wildman–Crippen MR) is 68.8 cm³/mol. The molecule has 6 heteroatoms. The fourth-order valence-corrected chi connectivity index (χ4v) is 2.22. The van der Waals surface area contributed by atoms with E-state index in [0.29, 0.717) is 13.2 Å². The minimum Gasteiger partial charge on any atom is -0.507 e. The quantitative estimate of drug-likeness (QED) is 0.827. The molecule has 3 N–H and O–H groups in total. The number of hydrogen-bond donors (Lipinski definition) is 2. The molecular weight excluding hydrogens is 248 g/mol. The number of carbonyl (C=O) groups is 1. The molecule has 104 valence electrons. The average molecular weight is 266 g/mol. The second-order valence-electron chi connectivity index (χ2n) is 4.38. The van der Waals surface area contributed by atoms with Crippen LogP contribution in [0.3, 0.4) is 0 Å². The third kappa shape index (κ3) is 3.04. The van der Waals surface area contributed by atoms with Crippen molar-refractivity contribution in [2.24, 2.45) is 5.73 Å². The van der Waals surface area contributed by atoms with E-state index in [1.165, 1.54) is 12.1 Å². The number of phenols is 1. The van der Waals surface area contributed by atoms with Gasteiger partial charge in [0.1, 0.15) is 12.0 Å². The Labute approximate surface area is 111 Å². The molecule has 0 spiro atoms. The van der Waals surface area contributed by atoms with Gasteiger partial charge in [-0.05, 0) is 17.7 Å². The Bertz CT molecular complexity index is 458. The third-order valence-corrected chi connectivity index (χ3v) is 3.17. The van der Waals surface area contributed by atoms with Crippen molar-refractivity contribution < 1.29 is 19.4 Å². The maximum atomic E-state index is 11.1. The number of amides is 1. The van der Waals surface area contributed by atoms with Crippen molar-refractivity contribution in [1.29, 1.82) is 0 Å². The van der Waals surface area contributed by atoms with Gasteiger partial charge in [0.2, 0.25) is 0 Å². The van der Waals surface area contributed by atoms with Gasteiger partial charge in [-0.1, -0.05) is 6.07 Å². The summed E-state index contributed by atoms with van der Waals surface area (Å²) >= 11 is 0. The van der Waals surface area contributed by atoms with E-state index in [1.54, 1.807) is 13.2 Å². The first kappa shape index (κ1) is 13.8. The highest BCUT2D eigenvalue weighted by molar-refractivity contribution is 5.95. The van der Waals surface area contributed by atoms with Crippen molar-refractivity contribution in [3.05, 3.63) is 29.3 Å². The normalized spacial score (nSPS) is 18.2. The monoisotopic (exact) mass is 266 g/mol. The van der Waals surface area contributed by atoms with Gasteiger partial charge in [0.25, 0.3) is 5.91 Å². The second kappa shape index (κ2) is 6.01. The number of hydrogen-bond acceptors (Lipinski definition) is 5. The molecule has 0 radical (unpaired) electrons. The topological polar surface area (TPSA) is 85.0 Å². The summed E-state index contributed by atoms with van der Waals surface area (Å²) < 4.78 is 10.8. The van der Waals surface area contributed by atoms with Gasteiger partial charge >= 0.3 is 0 Å². The van der Waals surface area contributed by atoms with Crippen molar-refractivity contribution in [1.82, 2.24) is 4.90 Å². The van der Waals surface area contributed by atoms with E-state index in [2.05, 4.69) is 4.90 Å². The molecular formula is C13H18N2O4. The summed E-state index contributed by atoms with van der Waals surface area (Å²) in [6, 6.07) is 4.77. The molecule has 1 amide bonds. The molecule has 1 aliphatic rings. The van der Waals surface area contributed by atoms with Gasteiger partial charge in [-0.2, -0.15) is 0 Å². The lowest BCUT2D eigenvalue weighted by molar-refractivity contribution is -0.0811. The Morgan fingerprint density at radius 2 is 2.16 bits per heavy atom. The van der Waals surface area contributed by atoms with Crippen molar-refractivity contribution >= 4 is 5.91 Å². The largest absolute Gasteiger partial charge is 0.507 e. The Morgan fingerprint density at radius 1 is 1.47 bits per heavy atom. The minimum absolute atomic E-state index is 0.112. The Kier molecular flexibility index (Phi) is 4.36. The minimum atomic E-state index is -0.649. The van der Waals surface area contributed by atoms with E-state index in [-0.39, 0.29) is 17.5 Å². The van der Waals surface area contributed by atoms with E-state index < -0.39 is 5.91 Å². The standard InChI is InChI=1S/C13H18N2O4/c1-18-13(15-4-6-19-7-5-15)9-2-3-10(12(14)17)11(16)8-9/h2-3,8,13,16H,4-7H2,1H3,(H2,14,17). The Morgan fingerprint density at radius 3 is 2.68 bits per heavy atom.